The number of alkyl halides is 3. The van der Waals surface area contributed by atoms with Gasteiger partial charge in [0.2, 0.25) is 0 Å². The van der Waals surface area contributed by atoms with E-state index < -0.39 is 18.6 Å². The molecule has 8 heteroatoms. The molecule has 0 fully saturated rings. The first-order valence-corrected chi connectivity index (χ1v) is 8.44. The lowest BCUT2D eigenvalue weighted by Crippen LogP contribution is -2.53. The summed E-state index contributed by atoms with van der Waals surface area (Å²) in [5.41, 5.74) is 1.55. The van der Waals surface area contributed by atoms with Crippen LogP contribution in [0.1, 0.15) is 43.5 Å². The van der Waals surface area contributed by atoms with E-state index in [-0.39, 0.29) is 18.3 Å². The topological polar surface area (TPSA) is 52.2 Å². The Kier molecular flexibility index (Phi) is 4.62. The molecule has 0 radical (unpaired) electrons. The molecule has 5 nitrogen and oxygen atoms in total. The van der Waals surface area contributed by atoms with Crippen LogP contribution in [-0.4, -0.2) is 46.2 Å². The fourth-order valence-corrected chi connectivity index (χ4v) is 3.50. The summed E-state index contributed by atoms with van der Waals surface area (Å²) in [6, 6.07) is 1.88. The largest absolute Gasteiger partial charge is 0.406 e. The van der Waals surface area contributed by atoms with Crippen LogP contribution in [0.3, 0.4) is 0 Å². The van der Waals surface area contributed by atoms with E-state index in [1.807, 2.05) is 24.8 Å². The minimum atomic E-state index is -4.43. The molecule has 0 spiro atoms. The highest BCUT2D eigenvalue weighted by atomic mass is 19.4. The number of fused-ring (bicyclic) bond motifs is 3. The minimum absolute atomic E-state index is 0.0614. The van der Waals surface area contributed by atoms with E-state index in [1.165, 1.54) is 6.20 Å². The Bertz CT molecular complexity index is 771. The summed E-state index contributed by atoms with van der Waals surface area (Å²) in [7, 11) is 0. The molecule has 0 bridgehead atoms. The van der Waals surface area contributed by atoms with E-state index in [2.05, 4.69) is 9.97 Å². The van der Waals surface area contributed by atoms with Crippen LogP contribution in [0.15, 0.2) is 18.5 Å². The molecule has 1 amide bonds. The molecule has 1 atom stereocenters. The Morgan fingerprint density at radius 2 is 2.12 bits per heavy atom. The van der Waals surface area contributed by atoms with Gasteiger partial charge in [-0.1, -0.05) is 20.3 Å². The second-order valence-corrected chi connectivity index (χ2v) is 6.34. The number of H-pyrrole nitrogens is 1. The van der Waals surface area contributed by atoms with Crippen molar-refractivity contribution < 1.29 is 18.0 Å². The van der Waals surface area contributed by atoms with E-state index in [0.717, 1.165) is 29.5 Å². The summed E-state index contributed by atoms with van der Waals surface area (Å²) in [6.07, 6.45) is 1.22. The van der Waals surface area contributed by atoms with Gasteiger partial charge in [-0.25, -0.2) is 4.98 Å². The second kappa shape index (κ2) is 6.57. The minimum Gasteiger partial charge on any atom is -0.349 e. The summed E-state index contributed by atoms with van der Waals surface area (Å²) >= 11 is 0. The Labute approximate surface area is 143 Å². The van der Waals surface area contributed by atoms with Gasteiger partial charge in [-0.05, 0) is 18.9 Å². The first-order chi connectivity index (χ1) is 11.9. The Morgan fingerprint density at radius 1 is 1.36 bits per heavy atom. The molecule has 136 valence electrons. The van der Waals surface area contributed by atoms with E-state index in [4.69, 9.17) is 0 Å². The van der Waals surface area contributed by atoms with Crippen molar-refractivity contribution in [3.8, 4) is 0 Å². The number of hydrogen-bond donors (Lipinski definition) is 1. The number of carbonyl (C=O) groups excluding carboxylic acids is 1. The van der Waals surface area contributed by atoms with Crippen molar-refractivity contribution in [3.05, 3.63) is 24.0 Å². The molecule has 1 N–H and O–H groups in total. The average molecular weight is 354 g/mol. The monoisotopic (exact) mass is 354 g/mol. The molecule has 0 aliphatic carbocycles. The number of nitrogens with zero attached hydrogens (tertiary/aromatic N) is 3. The molecule has 25 heavy (non-hydrogen) atoms. The number of hydrogen-bond acceptors (Lipinski definition) is 3. The maximum atomic E-state index is 12.9. The van der Waals surface area contributed by atoms with Crippen LogP contribution < -0.4 is 4.90 Å². The predicted octanol–water partition coefficient (Wildman–Crippen LogP) is 3.92. The Hall–Kier alpha value is -2.25. The molecule has 1 aliphatic heterocycles. The molecule has 3 rings (SSSR count). The zero-order valence-corrected chi connectivity index (χ0v) is 14.2. The Balaban J connectivity index is 2.11. The van der Waals surface area contributed by atoms with Gasteiger partial charge in [0.05, 0.1) is 17.9 Å². The molecule has 2 aromatic rings. The maximum absolute atomic E-state index is 12.9. The first kappa shape index (κ1) is 17.6. The second-order valence-electron chi connectivity index (χ2n) is 6.34. The molecular weight excluding hydrogens is 333 g/mol. The van der Waals surface area contributed by atoms with Crippen molar-refractivity contribution in [2.45, 2.75) is 45.3 Å². The highest BCUT2D eigenvalue weighted by molar-refractivity contribution is 6.08. The predicted molar refractivity (Wildman–Crippen MR) is 89.5 cm³/mol. The number of amides is 1. The quantitative estimate of drug-likeness (QED) is 0.885. The van der Waals surface area contributed by atoms with Crippen LogP contribution in [0.4, 0.5) is 18.9 Å². The van der Waals surface area contributed by atoms with Crippen LogP contribution >= 0.6 is 0 Å². The van der Waals surface area contributed by atoms with E-state index in [9.17, 15) is 18.0 Å². The van der Waals surface area contributed by atoms with Crippen molar-refractivity contribution in [1.29, 1.82) is 0 Å². The number of anilines is 1. The fourth-order valence-electron chi connectivity index (χ4n) is 3.50. The molecular formula is C17H21F3N4O. The first-order valence-electron chi connectivity index (χ1n) is 8.44. The van der Waals surface area contributed by atoms with Gasteiger partial charge in [0.25, 0.3) is 5.91 Å². The van der Waals surface area contributed by atoms with Crippen molar-refractivity contribution in [2.24, 2.45) is 0 Å². The molecule has 0 unspecified atom stereocenters. The highest BCUT2D eigenvalue weighted by Gasteiger charge is 2.40. The van der Waals surface area contributed by atoms with Crippen molar-refractivity contribution in [1.82, 2.24) is 14.9 Å². The Morgan fingerprint density at radius 3 is 2.76 bits per heavy atom. The third-order valence-corrected chi connectivity index (χ3v) is 4.59. The maximum Gasteiger partial charge on any atom is 0.406 e. The lowest BCUT2D eigenvalue weighted by molar-refractivity contribution is -0.141. The van der Waals surface area contributed by atoms with E-state index in [1.54, 1.807) is 6.20 Å². The number of carbonyl (C=O) groups is 1. The van der Waals surface area contributed by atoms with Crippen molar-refractivity contribution in [3.63, 3.8) is 0 Å². The lowest BCUT2D eigenvalue weighted by Gasteiger charge is -2.42. The molecule has 0 saturated heterocycles. The summed E-state index contributed by atoms with van der Waals surface area (Å²) in [4.78, 5) is 22.6. The number of halogens is 3. The van der Waals surface area contributed by atoms with Crippen LogP contribution in [0.2, 0.25) is 0 Å². The number of aromatic nitrogens is 2. The zero-order chi connectivity index (χ0) is 18.2. The van der Waals surface area contributed by atoms with Gasteiger partial charge < -0.3 is 14.8 Å². The highest BCUT2D eigenvalue weighted by Crippen LogP contribution is 2.37. The van der Waals surface area contributed by atoms with Gasteiger partial charge in [0.15, 0.2) is 0 Å². The molecule has 2 aromatic heterocycles. The smallest absolute Gasteiger partial charge is 0.349 e. The molecule has 0 saturated carbocycles. The van der Waals surface area contributed by atoms with Gasteiger partial charge in [-0.15, -0.1) is 0 Å². The number of rotatable bonds is 5. The number of aromatic amines is 1. The van der Waals surface area contributed by atoms with Crippen LogP contribution in [0.25, 0.3) is 11.0 Å². The summed E-state index contributed by atoms with van der Waals surface area (Å²) in [6.45, 7) is 2.74. The van der Waals surface area contributed by atoms with Gasteiger partial charge in [-0.2, -0.15) is 13.2 Å². The standard InChI is InChI=1S/C17H21F3N4O/c1-3-5-11(4-2)24-10-23(9-17(18,19)20)16(25)13-8-22-15-12(14(13)24)6-7-21-15/h6-8,11H,3-5,9-10H2,1-2H3,(H,21,22)/t11-/m1/s1. The van der Waals surface area contributed by atoms with Crippen LogP contribution in [0, 0.1) is 0 Å². The normalized spacial score (nSPS) is 16.4. The fraction of sp³-hybridized carbons (Fsp3) is 0.529. The van der Waals surface area contributed by atoms with Crippen molar-refractivity contribution >= 4 is 22.6 Å². The lowest BCUT2D eigenvalue weighted by atomic mass is 10.0. The zero-order valence-electron chi connectivity index (χ0n) is 14.2. The van der Waals surface area contributed by atoms with Gasteiger partial charge in [-0.3, -0.25) is 4.79 Å². The van der Waals surface area contributed by atoms with E-state index in [0.29, 0.717) is 11.3 Å². The average Bonchev–Trinajstić information content (AvgIpc) is 3.02. The summed E-state index contributed by atoms with van der Waals surface area (Å²) in [5, 5.41) is 0.770. The molecule has 0 aromatic carbocycles. The number of nitrogens with one attached hydrogen (secondary N) is 1. The third-order valence-electron chi connectivity index (χ3n) is 4.59. The van der Waals surface area contributed by atoms with Crippen molar-refractivity contribution in [2.75, 3.05) is 18.1 Å². The SMILES string of the molecule is CCC[C@@H](CC)N1CN(CC(F)(F)F)C(=O)c2cnc3[nH]ccc3c21. The molecule has 1 aliphatic rings. The van der Waals surface area contributed by atoms with Gasteiger partial charge >= 0.3 is 6.18 Å². The number of pyridine rings is 1. The van der Waals surface area contributed by atoms with Crippen LogP contribution in [0.5, 0.6) is 0 Å². The van der Waals surface area contributed by atoms with Gasteiger partial charge in [0.1, 0.15) is 12.2 Å². The van der Waals surface area contributed by atoms with Crippen LogP contribution in [-0.2, 0) is 0 Å². The third kappa shape index (κ3) is 3.29. The van der Waals surface area contributed by atoms with Gasteiger partial charge in [0, 0.05) is 23.8 Å². The molecule has 3 heterocycles. The summed E-state index contributed by atoms with van der Waals surface area (Å²) < 4.78 is 38.8. The summed E-state index contributed by atoms with van der Waals surface area (Å²) in [5.74, 6) is -0.620. The van der Waals surface area contributed by atoms with E-state index >= 15 is 0 Å².